The van der Waals surface area contributed by atoms with Gasteiger partial charge in [0.05, 0.1) is 11.4 Å². The largest absolute Gasteiger partial charge is 0.457 e. The molecule has 2 heterocycles. The van der Waals surface area contributed by atoms with Crippen molar-refractivity contribution in [1.82, 2.24) is 9.88 Å². The maximum absolute atomic E-state index is 12.2. The standard InChI is InChI=1S/C24H24N2O3S/c1-26-14-22(20-10-11-25-23(20)15-26)21-13-19(30(2,27)28)8-9-24(21)29-18-7-6-16-4-3-5-17(16)12-18/h6-14,25H,3-5,15H2,1-2H3. The van der Waals surface area contributed by atoms with E-state index in [-0.39, 0.29) is 4.90 Å². The number of aromatic amines is 1. The van der Waals surface area contributed by atoms with Crippen LogP contribution in [-0.4, -0.2) is 31.6 Å². The smallest absolute Gasteiger partial charge is 0.175 e. The zero-order valence-electron chi connectivity index (χ0n) is 17.1. The van der Waals surface area contributed by atoms with Crippen molar-refractivity contribution in [2.45, 2.75) is 30.7 Å². The molecule has 0 saturated heterocycles. The van der Waals surface area contributed by atoms with E-state index in [1.54, 1.807) is 18.2 Å². The highest BCUT2D eigenvalue weighted by atomic mass is 32.2. The van der Waals surface area contributed by atoms with E-state index in [0.717, 1.165) is 47.5 Å². The molecule has 0 saturated carbocycles. The number of rotatable bonds is 4. The highest BCUT2D eigenvalue weighted by Gasteiger charge is 2.23. The number of H-pyrrole nitrogens is 1. The Bertz CT molecular complexity index is 1270. The SMILES string of the molecule is CN1C=C(c2cc(S(C)(=O)=O)ccc2Oc2ccc3c(c2)CCC3)c2cc[nH]c2C1. The Morgan fingerprint density at radius 1 is 1.00 bits per heavy atom. The van der Waals surface area contributed by atoms with Crippen LogP contribution in [0.2, 0.25) is 0 Å². The fraction of sp³-hybridized carbons (Fsp3) is 0.250. The van der Waals surface area contributed by atoms with E-state index in [4.69, 9.17) is 4.74 Å². The number of hydrogen-bond donors (Lipinski definition) is 1. The van der Waals surface area contributed by atoms with Crippen molar-refractivity contribution in [2.75, 3.05) is 13.3 Å². The quantitative estimate of drug-likeness (QED) is 0.673. The minimum Gasteiger partial charge on any atom is -0.457 e. The molecule has 6 heteroatoms. The fourth-order valence-corrected chi connectivity index (χ4v) is 5.01. The van der Waals surface area contributed by atoms with E-state index < -0.39 is 9.84 Å². The van der Waals surface area contributed by atoms with Crippen LogP contribution in [-0.2, 0) is 29.2 Å². The summed E-state index contributed by atoms with van der Waals surface area (Å²) >= 11 is 0. The third kappa shape index (κ3) is 3.41. The van der Waals surface area contributed by atoms with Gasteiger partial charge in [0.15, 0.2) is 9.84 Å². The Balaban J connectivity index is 1.63. The van der Waals surface area contributed by atoms with Crippen LogP contribution < -0.4 is 4.74 Å². The van der Waals surface area contributed by atoms with Crippen LogP contribution in [0.25, 0.3) is 5.57 Å². The molecule has 1 aliphatic heterocycles. The normalized spacial score (nSPS) is 15.5. The highest BCUT2D eigenvalue weighted by Crippen LogP contribution is 2.39. The van der Waals surface area contributed by atoms with Gasteiger partial charge in [0.1, 0.15) is 11.5 Å². The maximum atomic E-state index is 12.2. The molecule has 0 fully saturated rings. The van der Waals surface area contributed by atoms with Gasteiger partial charge in [-0.05, 0) is 66.8 Å². The van der Waals surface area contributed by atoms with Gasteiger partial charge >= 0.3 is 0 Å². The van der Waals surface area contributed by atoms with Crippen molar-refractivity contribution in [2.24, 2.45) is 0 Å². The lowest BCUT2D eigenvalue weighted by Crippen LogP contribution is -2.17. The minimum absolute atomic E-state index is 0.282. The molecule has 1 N–H and O–H groups in total. The Kier molecular flexibility index (Phi) is 4.47. The van der Waals surface area contributed by atoms with Crippen LogP contribution in [0, 0.1) is 0 Å². The molecule has 30 heavy (non-hydrogen) atoms. The summed E-state index contributed by atoms with van der Waals surface area (Å²) in [5, 5.41) is 0. The summed E-state index contributed by atoms with van der Waals surface area (Å²) in [5.74, 6) is 1.43. The molecule has 0 radical (unpaired) electrons. The lowest BCUT2D eigenvalue weighted by atomic mass is 9.95. The molecule has 1 aliphatic carbocycles. The predicted molar refractivity (Wildman–Crippen MR) is 117 cm³/mol. The third-order valence-electron chi connectivity index (χ3n) is 5.85. The van der Waals surface area contributed by atoms with Gasteiger partial charge in [-0.15, -0.1) is 0 Å². The number of sulfone groups is 1. The van der Waals surface area contributed by atoms with Crippen LogP contribution in [0.4, 0.5) is 0 Å². The second-order valence-corrected chi connectivity index (χ2v) is 10.2. The Morgan fingerprint density at radius 2 is 1.83 bits per heavy atom. The van der Waals surface area contributed by atoms with Crippen molar-refractivity contribution in [3.63, 3.8) is 0 Å². The van der Waals surface area contributed by atoms with Gasteiger partial charge in [0.25, 0.3) is 0 Å². The predicted octanol–water partition coefficient (Wildman–Crippen LogP) is 4.53. The summed E-state index contributed by atoms with van der Waals surface area (Å²) in [6, 6.07) is 13.4. The van der Waals surface area contributed by atoms with E-state index in [2.05, 4.69) is 22.0 Å². The lowest BCUT2D eigenvalue weighted by Gasteiger charge is -2.25. The van der Waals surface area contributed by atoms with Crippen molar-refractivity contribution < 1.29 is 13.2 Å². The number of fused-ring (bicyclic) bond motifs is 2. The highest BCUT2D eigenvalue weighted by molar-refractivity contribution is 7.90. The first-order chi connectivity index (χ1) is 14.4. The number of aromatic nitrogens is 1. The van der Waals surface area contributed by atoms with Gasteiger partial charge in [0.2, 0.25) is 0 Å². The van der Waals surface area contributed by atoms with Crippen molar-refractivity contribution in [3.8, 4) is 11.5 Å². The number of nitrogens with one attached hydrogen (secondary N) is 1. The summed E-state index contributed by atoms with van der Waals surface area (Å²) in [6.07, 6.45) is 8.58. The van der Waals surface area contributed by atoms with Crippen molar-refractivity contribution >= 4 is 15.4 Å². The average molecular weight is 421 g/mol. The van der Waals surface area contributed by atoms with Gasteiger partial charge in [0, 0.05) is 48.1 Å². The van der Waals surface area contributed by atoms with Crippen LogP contribution in [0.5, 0.6) is 11.5 Å². The molecule has 0 amide bonds. The molecular formula is C24H24N2O3S. The van der Waals surface area contributed by atoms with Crippen LogP contribution in [0.15, 0.2) is 59.8 Å². The maximum Gasteiger partial charge on any atom is 0.175 e. The molecule has 1 aromatic heterocycles. The summed E-state index contributed by atoms with van der Waals surface area (Å²) in [7, 11) is -1.34. The molecule has 0 bridgehead atoms. The van der Waals surface area contributed by atoms with Crippen molar-refractivity contribution in [1.29, 1.82) is 0 Å². The molecule has 0 spiro atoms. The average Bonchev–Trinajstić information content (AvgIpc) is 3.35. The van der Waals surface area contributed by atoms with Crippen LogP contribution in [0.1, 0.15) is 34.4 Å². The van der Waals surface area contributed by atoms with E-state index in [1.165, 1.54) is 23.8 Å². The van der Waals surface area contributed by atoms with Crippen molar-refractivity contribution in [3.05, 3.63) is 82.8 Å². The van der Waals surface area contributed by atoms with E-state index in [0.29, 0.717) is 5.75 Å². The molecule has 2 aliphatic rings. The summed E-state index contributed by atoms with van der Waals surface area (Å²) in [5.41, 5.74) is 6.61. The summed E-state index contributed by atoms with van der Waals surface area (Å²) < 4.78 is 30.8. The van der Waals surface area contributed by atoms with Gasteiger partial charge < -0.3 is 14.6 Å². The molecule has 2 aromatic carbocycles. The monoisotopic (exact) mass is 420 g/mol. The van der Waals surface area contributed by atoms with Crippen LogP contribution in [0.3, 0.4) is 0 Å². The number of nitrogens with zero attached hydrogens (tertiary/aromatic N) is 1. The zero-order chi connectivity index (χ0) is 20.9. The molecule has 0 unspecified atom stereocenters. The first-order valence-electron chi connectivity index (χ1n) is 10.1. The second-order valence-electron chi connectivity index (χ2n) is 8.14. The first kappa shape index (κ1) is 19.0. The Morgan fingerprint density at radius 3 is 2.67 bits per heavy atom. The summed E-state index contributed by atoms with van der Waals surface area (Å²) in [4.78, 5) is 5.65. The lowest BCUT2D eigenvalue weighted by molar-refractivity contribution is 0.439. The Hall–Kier alpha value is -2.99. The van der Waals surface area contributed by atoms with Gasteiger partial charge in [-0.1, -0.05) is 6.07 Å². The minimum atomic E-state index is -3.34. The first-order valence-corrected chi connectivity index (χ1v) is 12.0. The molecule has 154 valence electrons. The molecule has 3 aromatic rings. The number of ether oxygens (including phenoxy) is 1. The fourth-order valence-electron chi connectivity index (χ4n) is 4.36. The van der Waals surface area contributed by atoms with E-state index >= 15 is 0 Å². The van der Waals surface area contributed by atoms with Gasteiger partial charge in [-0.2, -0.15) is 0 Å². The van der Waals surface area contributed by atoms with E-state index in [9.17, 15) is 8.42 Å². The molecular weight excluding hydrogens is 396 g/mol. The second kappa shape index (κ2) is 7.06. The number of hydrogen-bond acceptors (Lipinski definition) is 4. The van der Waals surface area contributed by atoms with Gasteiger partial charge in [-0.25, -0.2) is 8.42 Å². The number of benzene rings is 2. The molecule has 5 nitrogen and oxygen atoms in total. The zero-order valence-corrected chi connectivity index (χ0v) is 17.9. The van der Waals surface area contributed by atoms with Gasteiger partial charge in [-0.3, -0.25) is 0 Å². The molecule has 5 rings (SSSR count). The molecule has 0 atom stereocenters. The van der Waals surface area contributed by atoms with E-state index in [1.807, 2.05) is 31.6 Å². The topological polar surface area (TPSA) is 62.4 Å². The summed E-state index contributed by atoms with van der Waals surface area (Å²) in [6.45, 7) is 0.776. The Labute approximate surface area is 176 Å². The number of aryl methyl sites for hydroxylation is 2. The third-order valence-corrected chi connectivity index (χ3v) is 6.96. The van der Waals surface area contributed by atoms with Crippen LogP contribution >= 0.6 is 0 Å².